The van der Waals surface area contributed by atoms with Crippen LogP contribution in [0, 0.1) is 0 Å². The van der Waals surface area contributed by atoms with Crippen LogP contribution in [0.4, 0.5) is 0 Å². The smallest absolute Gasteiger partial charge is 0.258 e. The Balaban J connectivity index is 1.27. The molecule has 1 aromatic heterocycles. The van der Waals surface area contributed by atoms with E-state index in [9.17, 15) is 4.79 Å². The average Bonchev–Trinajstić information content (AvgIpc) is 3.20. The zero-order valence-electron chi connectivity index (χ0n) is 16.6. The summed E-state index contributed by atoms with van der Waals surface area (Å²) >= 11 is 11.7. The van der Waals surface area contributed by atoms with E-state index < -0.39 is 5.54 Å². The lowest BCUT2D eigenvalue weighted by molar-refractivity contribution is -0.124. The fourth-order valence-electron chi connectivity index (χ4n) is 3.12. The summed E-state index contributed by atoms with van der Waals surface area (Å²) in [6.45, 7) is 1.97. The van der Waals surface area contributed by atoms with Crippen molar-refractivity contribution in [3.63, 3.8) is 0 Å². The summed E-state index contributed by atoms with van der Waals surface area (Å²) in [6.07, 6.45) is 2.46. The van der Waals surface area contributed by atoms with Crippen molar-refractivity contribution in [2.45, 2.75) is 25.5 Å². The molecule has 3 aromatic rings. The molecular formula is C22H19Cl2N3O4. The number of halogens is 2. The number of carbonyl (C=O) groups excluding carboxylic acids is 1. The van der Waals surface area contributed by atoms with Crippen molar-refractivity contribution >= 4 is 34.7 Å². The van der Waals surface area contributed by atoms with Crippen molar-refractivity contribution in [2.75, 3.05) is 6.61 Å². The molecule has 1 aliphatic carbocycles. The van der Waals surface area contributed by atoms with E-state index in [1.54, 1.807) is 48.5 Å². The molecule has 7 nitrogen and oxygen atoms in total. The Bertz CT molecular complexity index is 1100. The van der Waals surface area contributed by atoms with Crippen LogP contribution in [0.25, 0.3) is 5.57 Å². The van der Waals surface area contributed by atoms with E-state index in [1.807, 2.05) is 13.0 Å². The number of nitrogens with one attached hydrogen (secondary N) is 1. The van der Waals surface area contributed by atoms with Gasteiger partial charge in [0.1, 0.15) is 11.5 Å². The van der Waals surface area contributed by atoms with Gasteiger partial charge in [-0.05, 0) is 55.5 Å². The Kier molecular flexibility index (Phi) is 6.15. The third-order valence-electron chi connectivity index (χ3n) is 4.58. The highest BCUT2D eigenvalue weighted by Gasteiger charge is 2.36. The normalized spacial score (nSPS) is 17.5. The van der Waals surface area contributed by atoms with Gasteiger partial charge in [0.05, 0.1) is 5.54 Å². The first kappa shape index (κ1) is 21.2. The Labute approximate surface area is 189 Å². The molecule has 0 saturated heterocycles. The lowest BCUT2D eigenvalue weighted by Crippen LogP contribution is -2.50. The van der Waals surface area contributed by atoms with Crippen LogP contribution in [0.2, 0.25) is 10.0 Å². The standard InChI is InChI=1S/C22H19Cl2N3O4/c1-22(25-19(28)12-29-17-6-2-15(23)3-7-17)10-14(11-22)21-27-26-20(31-21)13-30-18-8-4-16(24)5-9-18/h2-10H,11-13H2,1H3,(H,25,28). The van der Waals surface area contributed by atoms with E-state index >= 15 is 0 Å². The van der Waals surface area contributed by atoms with Crippen molar-refractivity contribution in [1.29, 1.82) is 0 Å². The Hall–Kier alpha value is -3.03. The van der Waals surface area contributed by atoms with Gasteiger partial charge in [-0.2, -0.15) is 0 Å². The average molecular weight is 460 g/mol. The van der Waals surface area contributed by atoms with Crippen LogP contribution in [0.1, 0.15) is 25.1 Å². The molecule has 0 fully saturated rings. The first-order valence-electron chi connectivity index (χ1n) is 9.51. The van der Waals surface area contributed by atoms with Crippen LogP contribution < -0.4 is 14.8 Å². The van der Waals surface area contributed by atoms with E-state index in [0.29, 0.717) is 39.7 Å². The van der Waals surface area contributed by atoms with E-state index in [2.05, 4.69) is 15.5 Å². The predicted molar refractivity (Wildman–Crippen MR) is 116 cm³/mol. The van der Waals surface area contributed by atoms with Gasteiger partial charge in [-0.25, -0.2) is 0 Å². The number of amides is 1. The van der Waals surface area contributed by atoms with Gasteiger partial charge in [-0.15, -0.1) is 10.2 Å². The molecule has 2 aromatic carbocycles. The molecule has 160 valence electrons. The van der Waals surface area contributed by atoms with Crippen LogP contribution >= 0.6 is 23.2 Å². The monoisotopic (exact) mass is 459 g/mol. The minimum absolute atomic E-state index is 0.0901. The molecule has 9 heteroatoms. The minimum Gasteiger partial charge on any atom is -0.484 e. The van der Waals surface area contributed by atoms with E-state index in [1.165, 1.54) is 0 Å². The number of carbonyl (C=O) groups is 1. The fraction of sp³-hybridized carbons (Fsp3) is 0.227. The Morgan fingerprint density at radius 1 is 1.03 bits per heavy atom. The second-order valence-electron chi connectivity index (χ2n) is 7.30. The second-order valence-corrected chi connectivity index (χ2v) is 8.17. The maximum absolute atomic E-state index is 12.2. The summed E-state index contributed by atoms with van der Waals surface area (Å²) in [5, 5.41) is 12.2. The maximum Gasteiger partial charge on any atom is 0.258 e. The van der Waals surface area contributed by atoms with Crippen LogP contribution in [0.3, 0.4) is 0 Å². The van der Waals surface area contributed by atoms with E-state index in [-0.39, 0.29) is 19.1 Å². The maximum atomic E-state index is 12.2. The van der Waals surface area contributed by atoms with Crippen LogP contribution in [0.15, 0.2) is 59.0 Å². The number of ether oxygens (including phenoxy) is 2. The molecule has 1 amide bonds. The number of hydrogen-bond donors (Lipinski definition) is 1. The summed E-state index contributed by atoms with van der Waals surface area (Å²) < 4.78 is 16.7. The molecule has 0 aliphatic heterocycles. The summed E-state index contributed by atoms with van der Waals surface area (Å²) in [4.78, 5) is 12.2. The molecule has 4 rings (SSSR count). The van der Waals surface area contributed by atoms with Gasteiger partial charge in [-0.1, -0.05) is 29.3 Å². The van der Waals surface area contributed by atoms with Gasteiger partial charge in [0.15, 0.2) is 13.2 Å². The highest BCUT2D eigenvalue weighted by molar-refractivity contribution is 6.30. The first-order chi connectivity index (χ1) is 14.9. The second kappa shape index (κ2) is 8.99. The number of nitrogens with zero attached hydrogens (tertiary/aromatic N) is 2. The molecule has 1 atom stereocenters. The summed E-state index contributed by atoms with van der Waals surface area (Å²) in [5.74, 6) is 1.78. The van der Waals surface area contributed by atoms with Crippen LogP contribution in [-0.4, -0.2) is 28.3 Å². The molecule has 1 unspecified atom stereocenters. The lowest BCUT2D eigenvalue weighted by atomic mass is 9.80. The molecule has 31 heavy (non-hydrogen) atoms. The molecule has 0 bridgehead atoms. The molecule has 0 saturated carbocycles. The van der Waals surface area contributed by atoms with Crippen LogP contribution in [0.5, 0.6) is 11.5 Å². The molecule has 1 N–H and O–H groups in total. The zero-order valence-corrected chi connectivity index (χ0v) is 18.1. The van der Waals surface area contributed by atoms with Gasteiger partial charge in [0.2, 0.25) is 5.89 Å². The summed E-state index contributed by atoms with van der Waals surface area (Å²) in [7, 11) is 0. The minimum atomic E-state index is -0.496. The Morgan fingerprint density at radius 3 is 2.23 bits per heavy atom. The lowest BCUT2D eigenvalue weighted by Gasteiger charge is -2.36. The van der Waals surface area contributed by atoms with Crippen molar-refractivity contribution in [2.24, 2.45) is 0 Å². The van der Waals surface area contributed by atoms with Gasteiger partial charge < -0.3 is 19.2 Å². The van der Waals surface area contributed by atoms with Gasteiger partial charge in [0.25, 0.3) is 11.8 Å². The van der Waals surface area contributed by atoms with E-state index in [0.717, 1.165) is 5.57 Å². The number of benzene rings is 2. The zero-order chi connectivity index (χ0) is 21.8. The van der Waals surface area contributed by atoms with Crippen molar-refractivity contribution in [3.05, 3.63) is 76.4 Å². The van der Waals surface area contributed by atoms with Crippen molar-refractivity contribution in [1.82, 2.24) is 15.5 Å². The number of aromatic nitrogens is 2. The molecular weight excluding hydrogens is 441 g/mol. The van der Waals surface area contributed by atoms with Gasteiger partial charge in [0, 0.05) is 22.0 Å². The highest BCUT2D eigenvalue weighted by atomic mass is 35.5. The third-order valence-corrected chi connectivity index (χ3v) is 5.08. The van der Waals surface area contributed by atoms with Crippen LogP contribution in [-0.2, 0) is 11.4 Å². The molecule has 1 heterocycles. The largest absolute Gasteiger partial charge is 0.484 e. The Morgan fingerprint density at radius 2 is 1.61 bits per heavy atom. The number of rotatable bonds is 8. The van der Waals surface area contributed by atoms with Gasteiger partial charge >= 0.3 is 0 Å². The van der Waals surface area contributed by atoms with E-state index in [4.69, 9.17) is 37.1 Å². The quantitative estimate of drug-likeness (QED) is 0.525. The molecule has 0 spiro atoms. The third kappa shape index (κ3) is 5.57. The predicted octanol–water partition coefficient (Wildman–Crippen LogP) is 4.70. The SMILES string of the molecule is CC1(NC(=O)COc2ccc(Cl)cc2)C=C(c2nnc(COc3ccc(Cl)cc3)o2)C1. The summed E-state index contributed by atoms with van der Waals surface area (Å²) in [6, 6.07) is 13.8. The topological polar surface area (TPSA) is 86.5 Å². The van der Waals surface area contributed by atoms with Crippen molar-refractivity contribution < 1.29 is 18.7 Å². The highest BCUT2D eigenvalue weighted by Crippen LogP contribution is 2.36. The molecule has 1 aliphatic rings. The molecule has 0 radical (unpaired) electrons. The van der Waals surface area contributed by atoms with Gasteiger partial charge in [-0.3, -0.25) is 4.79 Å². The summed E-state index contributed by atoms with van der Waals surface area (Å²) in [5.41, 5.74) is 0.371. The van der Waals surface area contributed by atoms with Crippen molar-refractivity contribution in [3.8, 4) is 11.5 Å². The number of hydrogen-bond acceptors (Lipinski definition) is 6. The first-order valence-corrected chi connectivity index (χ1v) is 10.3. The fourth-order valence-corrected chi connectivity index (χ4v) is 3.37.